The van der Waals surface area contributed by atoms with E-state index < -0.39 is 5.97 Å². The summed E-state index contributed by atoms with van der Waals surface area (Å²) in [7, 11) is 0. The average Bonchev–Trinajstić information content (AvgIpc) is 3.32. The van der Waals surface area contributed by atoms with Gasteiger partial charge in [0.15, 0.2) is 0 Å². The van der Waals surface area contributed by atoms with Crippen LogP contribution in [0.4, 0.5) is 0 Å². The van der Waals surface area contributed by atoms with E-state index in [1.54, 1.807) is 6.20 Å². The fourth-order valence-electron chi connectivity index (χ4n) is 4.36. The highest BCUT2D eigenvalue weighted by molar-refractivity contribution is 5.67. The molecule has 6 heteroatoms. The summed E-state index contributed by atoms with van der Waals surface area (Å²) in [6.45, 7) is 4.29. The van der Waals surface area contributed by atoms with Crippen molar-refractivity contribution in [2.75, 3.05) is 26.2 Å². The summed E-state index contributed by atoms with van der Waals surface area (Å²) in [6.07, 6.45) is 6.61. The van der Waals surface area contributed by atoms with E-state index in [1.807, 2.05) is 35.1 Å². The van der Waals surface area contributed by atoms with E-state index in [1.165, 1.54) is 18.4 Å². The molecule has 0 aliphatic carbocycles. The number of ether oxygens (including phenoxy) is 1. The molecule has 1 aromatic heterocycles. The van der Waals surface area contributed by atoms with E-state index >= 15 is 0 Å². The number of rotatable bonds is 10. The monoisotopic (exact) mass is 433 g/mol. The summed E-state index contributed by atoms with van der Waals surface area (Å²) in [5.41, 5.74) is 3.48. The van der Waals surface area contributed by atoms with Crippen molar-refractivity contribution in [3.63, 3.8) is 0 Å². The third kappa shape index (κ3) is 6.20. The normalized spacial score (nSPS) is 15.0. The molecule has 32 heavy (non-hydrogen) atoms. The van der Waals surface area contributed by atoms with Crippen LogP contribution in [0.1, 0.15) is 41.9 Å². The molecule has 0 unspecified atom stereocenters. The van der Waals surface area contributed by atoms with E-state index in [0.29, 0.717) is 25.5 Å². The number of aryl methyl sites for hydroxylation is 1. The molecule has 6 nitrogen and oxygen atoms in total. The molecular formula is C26H31N3O3. The molecule has 3 aromatic rings. The van der Waals surface area contributed by atoms with Crippen LogP contribution in [0.5, 0.6) is 5.75 Å². The second-order valence-corrected chi connectivity index (χ2v) is 8.41. The molecule has 168 valence electrons. The number of aliphatic carboxylic acids is 1. The molecule has 1 saturated heterocycles. The highest BCUT2D eigenvalue weighted by Gasteiger charge is 2.20. The molecule has 1 N–H and O–H groups in total. The van der Waals surface area contributed by atoms with Gasteiger partial charge < -0.3 is 9.84 Å². The molecule has 0 atom stereocenters. The SMILES string of the molecule is O=C(O)CCc1ccc(Cn2cccn2)cc1OCCN1CCC(c2ccccc2)CC1. The topological polar surface area (TPSA) is 67.6 Å². The number of nitrogens with zero attached hydrogens (tertiary/aromatic N) is 3. The Morgan fingerprint density at radius 3 is 2.62 bits per heavy atom. The van der Waals surface area contributed by atoms with E-state index in [0.717, 1.165) is 36.5 Å². The van der Waals surface area contributed by atoms with Crippen molar-refractivity contribution in [2.45, 2.75) is 38.1 Å². The van der Waals surface area contributed by atoms with Crippen molar-refractivity contribution in [1.82, 2.24) is 14.7 Å². The first-order valence-electron chi connectivity index (χ1n) is 11.4. The van der Waals surface area contributed by atoms with Gasteiger partial charge in [0.1, 0.15) is 12.4 Å². The molecule has 2 aromatic carbocycles. The number of hydrogen-bond acceptors (Lipinski definition) is 4. The maximum absolute atomic E-state index is 11.1. The van der Waals surface area contributed by atoms with Crippen LogP contribution in [0, 0.1) is 0 Å². The van der Waals surface area contributed by atoms with E-state index in [-0.39, 0.29) is 6.42 Å². The second kappa shape index (κ2) is 11.0. The van der Waals surface area contributed by atoms with Gasteiger partial charge in [-0.3, -0.25) is 14.4 Å². The lowest BCUT2D eigenvalue weighted by Gasteiger charge is -2.32. The number of likely N-dealkylation sites (tertiary alicyclic amines) is 1. The highest BCUT2D eigenvalue weighted by Crippen LogP contribution is 2.28. The van der Waals surface area contributed by atoms with E-state index in [2.05, 4.69) is 40.3 Å². The largest absolute Gasteiger partial charge is 0.492 e. The first kappa shape index (κ1) is 22.1. The van der Waals surface area contributed by atoms with Crippen molar-refractivity contribution in [1.29, 1.82) is 0 Å². The van der Waals surface area contributed by atoms with Crippen LogP contribution in [-0.2, 0) is 17.8 Å². The Morgan fingerprint density at radius 2 is 1.91 bits per heavy atom. The summed E-state index contributed by atoms with van der Waals surface area (Å²) in [6, 6.07) is 18.7. The van der Waals surface area contributed by atoms with E-state index in [9.17, 15) is 4.79 Å². The zero-order valence-electron chi connectivity index (χ0n) is 18.4. The Bertz CT molecular complexity index is 981. The predicted molar refractivity (Wildman–Crippen MR) is 124 cm³/mol. The van der Waals surface area contributed by atoms with Crippen molar-refractivity contribution in [3.8, 4) is 5.75 Å². The van der Waals surface area contributed by atoms with Gasteiger partial charge in [-0.1, -0.05) is 42.5 Å². The summed E-state index contributed by atoms with van der Waals surface area (Å²) in [5.74, 6) is 0.642. The molecule has 0 spiro atoms. The number of piperidine rings is 1. The van der Waals surface area contributed by atoms with Gasteiger partial charge in [0.2, 0.25) is 0 Å². The standard InChI is InChI=1S/C26H31N3O3/c30-26(31)10-9-24-8-7-21(20-29-14-4-13-27-29)19-25(24)32-18-17-28-15-11-23(12-16-28)22-5-2-1-3-6-22/h1-8,13-14,19,23H,9-12,15-18,20H2,(H,30,31). The maximum atomic E-state index is 11.1. The molecular weight excluding hydrogens is 402 g/mol. The average molecular weight is 434 g/mol. The van der Waals surface area contributed by atoms with Crippen molar-refractivity contribution >= 4 is 5.97 Å². The number of carboxylic acids is 1. The molecule has 4 rings (SSSR count). The second-order valence-electron chi connectivity index (χ2n) is 8.41. The number of hydrogen-bond donors (Lipinski definition) is 1. The van der Waals surface area contributed by atoms with Gasteiger partial charge in [0.25, 0.3) is 0 Å². The molecule has 0 radical (unpaired) electrons. The predicted octanol–water partition coefficient (Wildman–Crippen LogP) is 4.21. The zero-order valence-corrected chi connectivity index (χ0v) is 18.4. The Balaban J connectivity index is 1.32. The van der Waals surface area contributed by atoms with Crippen LogP contribution < -0.4 is 4.74 Å². The lowest BCUT2D eigenvalue weighted by atomic mass is 9.89. The number of carbonyl (C=O) groups is 1. The Labute approximate surface area is 189 Å². The smallest absolute Gasteiger partial charge is 0.303 e. The molecule has 0 saturated carbocycles. The lowest BCUT2D eigenvalue weighted by Crippen LogP contribution is -2.35. The minimum atomic E-state index is -0.794. The number of carboxylic acid groups (broad SMARTS) is 1. The van der Waals surface area contributed by atoms with Crippen molar-refractivity contribution < 1.29 is 14.6 Å². The lowest BCUT2D eigenvalue weighted by molar-refractivity contribution is -0.136. The number of aromatic nitrogens is 2. The third-order valence-electron chi connectivity index (χ3n) is 6.17. The van der Waals surface area contributed by atoms with Crippen LogP contribution >= 0.6 is 0 Å². The van der Waals surface area contributed by atoms with E-state index in [4.69, 9.17) is 9.84 Å². The quantitative estimate of drug-likeness (QED) is 0.519. The summed E-state index contributed by atoms with van der Waals surface area (Å²) in [5, 5.41) is 13.3. The molecule has 1 aliphatic heterocycles. The molecule has 1 aliphatic rings. The highest BCUT2D eigenvalue weighted by atomic mass is 16.5. The fourth-order valence-corrected chi connectivity index (χ4v) is 4.36. The molecule has 1 fully saturated rings. The van der Waals surface area contributed by atoms with Crippen LogP contribution in [-0.4, -0.2) is 52.0 Å². The van der Waals surface area contributed by atoms with Gasteiger partial charge in [0.05, 0.1) is 6.54 Å². The first-order valence-corrected chi connectivity index (χ1v) is 11.4. The Kier molecular flexibility index (Phi) is 7.56. The molecule has 2 heterocycles. The van der Waals surface area contributed by atoms with Gasteiger partial charge in [-0.05, 0) is 67.1 Å². The molecule has 0 bridgehead atoms. The molecule has 0 amide bonds. The third-order valence-corrected chi connectivity index (χ3v) is 6.17. The summed E-state index contributed by atoms with van der Waals surface area (Å²) in [4.78, 5) is 13.5. The first-order chi connectivity index (χ1) is 15.7. The van der Waals surface area contributed by atoms with Crippen molar-refractivity contribution in [2.24, 2.45) is 0 Å². The minimum absolute atomic E-state index is 0.0991. The Hall–Kier alpha value is -3.12. The van der Waals surface area contributed by atoms with Crippen LogP contribution in [0.25, 0.3) is 0 Å². The maximum Gasteiger partial charge on any atom is 0.303 e. The summed E-state index contributed by atoms with van der Waals surface area (Å²) >= 11 is 0. The Morgan fingerprint density at radius 1 is 1.09 bits per heavy atom. The van der Waals surface area contributed by atoms with Gasteiger partial charge in [-0.15, -0.1) is 0 Å². The van der Waals surface area contributed by atoms with Gasteiger partial charge in [-0.25, -0.2) is 0 Å². The summed E-state index contributed by atoms with van der Waals surface area (Å²) < 4.78 is 8.05. The van der Waals surface area contributed by atoms with Gasteiger partial charge in [0, 0.05) is 25.4 Å². The minimum Gasteiger partial charge on any atom is -0.492 e. The number of benzene rings is 2. The van der Waals surface area contributed by atoms with Gasteiger partial charge in [-0.2, -0.15) is 5.10 Å². The fraction of sp³-hybridized carbons (Fsp3) is 0.385. The van der Waals surface area contributed by atoms with Crippen LogP contribution in [0.2, 0.25) is 0 Å². The zero-order chi connectivity index (χ0) is 22.2. The van der Waals surface area contributed by atoms with Crippen LogP contribution in [0.15, 0.2) is 67.0 Å². The van der Waals surface area contributed by atoms with Crippen molar-refractivity contribution in [3.05, 3.63) is 83.7 Å². The van der Waals surface area contributed by atoms with Gasteiger partial charge >= 0.3 is 5.97 Å². The van der Waals surface area contributed by atoms with Crippen LogP contribution in [0.3, 0.4) is 0 Å².